The van der Waals surface area contributed by atoms with Gasteiger partial charge in [-0.2, -0.15) is 0 Å². The maximum absolute atomic E-state index is 13.6. The second-order valence-corrected chi connectivity index (χ2v) is 8.24. The van der Waals surface area contributed by atoms with Crippen LogP contribution in [0.3, 0.4) is 0 Å². The number of halogens is 1. The van der Waals surface area contributed by atoms with Gasteiger partial charge in [0.15, 0.2) is 5.96 Å². The summed E-state index contributed by atoms with van der Waals surface area (Å²) in [5.41, 5.74) is 2.08. The van der Waals surface area contributed by atoms with Crippen LogP contribution in [0.5, 0.6) is 0 Å². The lowest BCUT2D eigenvalue weighted by molar-refractivity contribution is -0.0721. The molecule has 0 radical (unpaired) electrons. The molecule has 0 saturated carbocycles. The topological polar surface area (TPSA) is 61.9 Å². The molecule has 2 aliphatic heterocycles. The number of nitrogens with one attached hydrogen (secondary N) is 2. The molecule has 1 aromatic heterocycles. The maximum Gasteiger partial charge on any atom is 0.193 e. The van der Waals surface area contributed by atoms with Crippen LogP contribution in [0.25, 0.3) is 10.9 Å². The first-order valence-electron chi connectivity index (χ1n) is 11.2. The molecule has 0 aliphatic carbocycles. The molecule has 7 heteroatoms. The Hall–Kier alpha value is -2.12. The average molecular weight is 417 g/mol. The molecule has 1 unspecified atom stereocenters. The fraction of sp³-hybridized carbons (Fsp3) is 0.609. The minimum atomic E-state index is -0.202. The van der Waals surface area contributed by atoms with E-state index in [1.165, 1.54) is 18.9 Å². The fourth-order valence-electron chi connectivity index (χ4n) is 4.42. The molecule has 4 rings (SSSR count). The van der Waals surface area contributed by atoms with Crippen molar-refractivity contribution in [3.63, 3.8) is 0 Å². The van der Waals surface area contributed by atoms with Crippen LogP contribution < -0.4 is 5.32 Å². The minimum absolute atomic E-state index is 0.202. The molecule has 0 spiro atoms. The molecule has 0 amide bonds. The molecule has 3 heterocycles. The number of nitrogens with zero attached hydrogens (tertiary/aromatic N) is 2. The average Bonchev–Trinajstić information content (AvgIpc) is 3.18. The van der Waals surface area contributed by atoms with Crippen molar-refractivity contribution in [2.24, 2.45) is 4.99 Å². The highest BCUT2D eigenvalue weighted by Crippen LogP contribution is 2.20. The zero-order valence-electron chi connectivity index (χ0n) is 17.8. The highest BCUT2D eigenvalue weighted by Gasteiger charge is 2.23. The van der Waals surface area contributed by atoms with E-state index in [1.807, 2.05) is 13.2 Å². The third kappa shape index (κ3) is 5.32. The highest BCUT2D eigenvalue weighted by atomic mass is 19.1. The molecule has 0 bridgehead atoms. The Balaban J connectivity index is 1.20. The van der Waals surface area contributed by atoms with E-state index in [9.17, 15) is 4.39 Å². The van der Waals surface area contributed by atoms with Crippen molar-refractivity contribution in [3.8, 4) is 0 Å². The van der Waals surface area contributed by atoms with Gasteiger partial charge in [-0.25, -0.2) is 4.39 Å². The van der Waals surface area contributed by atoms with Gasteiger partial charge in [-0.15, -0.1) is 0 Å². The fourth-order valence-corrected chi connectivity index (χ4v) is 4.42. The Bertz CT molecular complexity index is 839. The standard InChI is InChI=1S/C23H33FN4O2/c1-25-23(26-10-7-17-15-27-22-6-5-18(24)14-21(17)22)28-11-8-19(9-12-28)30-16-20-4-2-3-13-29-20/h5-6,14-15,19-20,27H,2-4,7-13,16H2,1H3,(H,25,26). The van der Waals surface area contributed by atoms with Crippen LogP contribution in [0.1, 0.15) is 37.7 Å². The summed E-state index contributed by atoms with van der Waals surface area (Å²) in [5.74, 6) is 0.724. The number of aromatic nitrogens is 1. The number of fused-ring (bicyclic) bond motifs is 1. The van der Waals surface area contributed by atoms with Gasteiger partial charge < -0.3 is 24.7 Å². The summed E-state index contributed by atoms with van der Waals surface area (Å²) in [6.45, 7) is 4.23. The number of hydrogen-bond acceptors (Lipinski definition) is 3. The smallest absolute Gasteiger partial charge is 0.193 e. The molecule has 2 N–H and O–H groups in total. The molecule has 2 saturated heterocycles. The molecule has 2 aromatic rings. The van der Waals surface area contributed by atoms with E-state index in [0.717, 1.165) is 81.0 Å². The zero-order chi connectivity index (χ0) is 20.8. The summed E-state index contributed by atoms with van der Waals surface area (Å²) in [5, 5.41) is 4.41. The van der Waals surface area contributed by atoms with Gasteiger partial charge in [-0.3, -0.25) is 4.99 Å². The zero-order valence-corrected chi connectivity index (χ0v) is 17.8. The van der Waals surface area contributed by atoms with Gasteiger partial charge in [-0.05, 0) is 62.3 Å². The van der Waals surface area contributed by atoms with E-state index in [1.54, 1.807) is 12.1 Å². The predicted octanol–water partition coefficient (Wildman–Crippen LogP) is 3.48. The monoisotopic (exact) mass is 416 g/mol. The molecule has 6 nitrogen and oxygen atoms in total. The number of likely N-dealkylation sites (tertiary alicyclic amines) is 1. The molecule has 1 atom stereocenters. The summed E-state index contributed by atoms with van der Waals surface area (Å²) in [6, 6.07) is 4.87. The predicted molar refractivity (Wildman–Crippen MR) is 117 cm³/mol. The van der Waals surface area contributed by atoms with Gasteiger partial charge in [0.2, 0.25) is 0 Å². The number of ether oxygens (including phenoxy) is 2. The lowest BCUT2D eigenvalue weighted by atomic mass is 10.1. The number of rotatable bonds is 6. The van der Waals surface area contributed by atoms with Crippen LogP contribution in [0.2, 0.25) is 0 Å². The van der Waals surface area contributed by atoms with Crippen LogP contribution in [0, 0.1) is 5.82 Å². The van der Waals surface area contributed by atoms with Gasteiger partial charge >= 0.3 is 0 Å². The molecule has 2 fully saturated rings. The highest BCUT2D eigenvalue weighted by molar-refractivity contribution is 5.83. The van der Waals surface area contributed by atoms with Gasteiger partial charge in [0.05, 0.1) is 18.8 Å². The van der Waals surface area contributed by atoms with E-state index in [-0.39, 0.29) is 11.9 Å². The molecule has 2 aliphatic rings. The van der Waals surface area contributed by atoms with Crippen molar-refractivity contribution in [2.75, 3.05) is 39.9 Å². The second kappa shape index (κ2) is 10.3. The Morgan fingerprint density at radius 2 is 2.17 bits per heavy atom. The number of aromatic amines is 1. The number of benzene rings is 1. The molecule has 30 heavy (non-hydrogen) atoms. The van der Waals surface area contributed by atoms with Crippen molar-refractivity contribution < 1.29 is 13.9 Å². The first-order valence-corrected chi connectivity index (χ1v) is 11.2. The van der Waals surface area contributed by atoms with E-state index in [4.69, 9.17) is 9.47 Å². The minimum Gasteiger partial charge on any atom is -0.376 e. The number of guanidine groups is 1. The van der Waals surface area contributed by atoms with E-state index in [2.05, 4.69) is 20.2 Å². The Morgan fingerprint density at radius 1 is 1.30 bits per heavy atom. The Labute approximate surface area is 177 Å². The maximum atomic E-state index is 13.6. The van der Waals surface area contributed by atoms with Crippen LogP contribution in [-0.2, 0) is 15.9 Å². The van der Waals surface area contributed by atoms with Crippen LogP contribution in [0.15, 0.2) is 29.4 Å². The van der Waals surface area contributed by atoms with Gasteiger partial charge in [0.1, 0.15) is 5.82 Å². The normalized spacial score (nSPS) is 21.3. The van der Waals surface area contributed by atoms with Crippen LogP contribution in [0.4, 0.5) is 4.39 Å². The summed E-state index contributed by atoms with van der Waals surface area (Å²) < 4.78 is 25.4. The lowest BCUT2D eigenvalue weighted by Crippen LogP contribution is -2.47. The van der Waals surface area contributed by atoms with E-state index >= 15 is 0 Å². The summed E-state index contributed by atoms with van der Waals surface area (Å²) in [6.07, 6.45) is 8.94. The van der Waals surface area contributed by atoms with E-state index in [0.29, 0.717) is 6.10 Å². The van der Waals surface area contributed by atoms with Crippen molar-refractivity contribution in [1.29, 1.82) is 0 Å². The summed E-state index contributed by atoms with van der Waals surface area (Å²) in [4.78, 5) is 9.97. The SMILES string of the molecule is CN=C(NCCc1c[nH]c2ccc(F)cc12)N1CCC(OCC2CCCCO2)CC1. The molecular weight excluding hydrogens is 383 g/mol. The Kier molecular flexibility index (Phi) is 7.23. The van der Waals surface area contributed by atoms with Gasteiger partial charge in [-0.1, -0.05) is 0 Å². The van der Waals surface area contributed by atoms with Gasteiger partial charge in [0.25, 0.3) is 0 Å². The van der Waals surface area contributed by atoms with Crippen molar-refractivity contribution in [2.45, 2.75) is 50.7 Å². The van der Waals surface area contributed by atoms with Crippen LogP contribution >= 0.6 is 0 Å². The van der Waals surface area contributed by atoms with Crippen molar-refractivity contribution >= 4 is 16.9 Å². The number of hydrogen-bond donors (Lipinski definition) is 2. The molecular formula is C23H33FN4O2. The number of piperidine rings is 1. The number of H-pyrrole nitrogens is 1. The van der Waals surface area contributed by atoms with Crippen molar-refractivity contribution in [1.82, 2.24) is 15.2 Å². The lowest BCUT2D eigenvalue weighted by Gasteiger charge is -2.35. The summed E-state index contributed by atoms with van der Waals surface area (Å²) >= 11 is 0. The quantitative estimate of drug-likeness (QED) is 0.559. The molecule has 1 aromatic carbocycles. The third-order valence-corrected chi connectivity index (χ3v) is 6.15. The second-order valence-electron chi connectivity index (χ2n) is 8.24. The van der Waals surface area contributed by atoms with Crippen molar-refractivity contribution in [3.05, 3.63) is 35.8 Å². The first kappa shape index (κ1) is 21.1. The van der Waals surface area contributed by atoms with Crippen LogP contribution in [-0.4, -0.2) is 67.9 Å². The number of aliphatic imine (C=N–C) groups is 1. The van der Waals surface area contributed by atoms with E-state index < -0.39 is 0 Å². The van der Waals surface area contributed by atoms with Gasteiger partial charge in [0, 0.05) is 50.4 Å². The Morgan fingerprint density at radius 3 is 2.93 bits per heavy atom. The summed E-state index contributed by atoms with van der Waals surface area (Å²) in [7, 11) is 1.83. The largest absolute Gasteiger partial charge is 0.376 e. The molecule has 164 valence electrons. The third-order valence-electron chi connectivity index (χ3n) is 6.15. The first-order chi connectivity index (χ1) is 14.7.